The van der Waals surface area contributed by atoms with Gasteiger partial charge >= 0.3 is 0 Å². The molecule has 2 aliphatic rings. The molecule has 0 spiro atoms. The van der Waals surface area contributed by atoms with Crippen LogP contribution in [0.2, 0.25) is 0 Å². The smallest absolute Gasteiger partial charge is 0.133 e. The van der Waals surface area contributed by atoms with Gasteiger partial charge in [-0.15, -0.1) is 0 Å². The summed E-state index contributed by atoms with van der Waals surface area (Å²) in [7, 11) is 2.15. The highest BCUT2D eigenvalue weighted by atomic mass is 16.1. The summed E-state index contributed by atoms with van der Waals surface area (Å²) >= 11 is 0. The second-order valence-electron chi connectivity index (χ2n) is 9.33. The summed E-state index contributed by atoms with van der Waals surface area (Å²) in [4.78, 5) is 26.5. The molecule has 0 radical (unpaired) electrons. The highest BCUT2D eigenvalue weighted by Gasteiger charge is 2.29. The summed E-state index contributed by atoms with van der Waals surface area (Å²) in [5.41, 5.74) is 3.01. The molecular weight excluding hydrogens is 374 g/mol. The highest BCUT2D eigenvalue weighted by molar-refractivity contribution is 5.92. The summed E-state index contributed by atoms with van der Waals surface area (Å²) in [5, 5.41) is 9.40. The Balaban J connectivity index is 1.47. The zero-order valence-electron chi connectivity index (χ0n) is 18.0. The number of anilines is 1. The number of rotatable bonds is 5. The molecule has 0 amide bonds. The number of Topliss-reactive ketones (excluding diaryl/α,β-unsaturated/α-hetero) is 1. The average molecular weight is 406 g/mol. The summed E-state index contributed by atoms with van der Waals surface area (Å²) in [6.07, 6.45) is 8.18. The van der Waals surface area contributed by atoms with Gasteiger partial charge in [-0.25, -0.2) is 0 Å². The molecule has 1 aromatic carbocycles. The van der Waals surface area contributed by atoms with Crippen LogP contribution in [-0.4, -0.2) is 53.9 Å². The summed E-state index contributed by atoms with van der Waals surface area (Å²) in [5.74, 6) is 1.81. The van der Waals surface area contributed by atoms with E-state index < -0.39 is 0 Å². The van der Waals surface area contributed by atoms with E-state index in [1.165, 1.54) is 12.8 Å². The normalized spacial score (nSPS) is 25.2. The summed E-state index contributed by atoms with van der Waals surface area (Å²) < 4.78 is 0. The molecule has 158 valence electrons. The van der Waals surface area contributed by atoms with Crippen molar-refractivity contribution in [3.8, 4) is 6.07 Å². The molecule has 30 heavy (non-hydrogen) atoms. The Morgan fingerprint density at radius 2 is 1.90 bits per heavy atom. The van der Waals surface area contributed by atoms with E-state index in [-0.39, 0.29) is 0 Å². The fraction of sp³-hybridized carbons (Fsp3) is 0.583. The Hall–Kier alpha value is -2.52. The van der Waals surface area contributed by atoms with Crippen molar-refractivity contribution in [2.24, 2.45) is 17.8 Å². The van der Waals surface area contributed by atoms with Crippen LogP contribution in [0, 0.1) is 29.1 Å². The lowest BCUT2D eigenvalue weighted by Crippen LogP contribution is -2.41. The van der Waals surface area contributed by atoms with E-state index in [2.05, 4.69) is 39.8 Å². The van der Waals surface area contributed by atoms with Crippen molar-refractivity contribution in [3.63, 3.8) is 0 Å². The van der Waals surface area contributed by atoms with Crippen molar-refractivity contribution in [2.75, 3.05) is 38.1 Å². The van der Waals surface area contributed by atoms with Gasteiger partial charge in [-0.3, -0.25) is 14.8 Å². The number of nitriles is 1. The first-order chi connectivity index (χ1) is 14.5. The van der Waals surface area contributed by atoms with Gasteiger partial charge in [0.2, 0.25) is 0 Å². The molecule has 0 aliphatic carbocycles. The molecule has 2 aromatic rings. The van der Waals surface area contributed by atoms with Crippen LogP contribution in [0.25, 0.3) is 11.0 Å². The minimum absolute atomic E-state index is 0.366. The third-order valence-corrected chi connectivity index (χ3v) is 6.57. The van der Waals surface area contributed by atoms with Crippen molar-refractivity contribution in [1.29, 1.82) is 5.26 Å². The largest absolute Gasteiger partial charge is 0.369 e. The Kier molecular flexibility index (Phi) is 6.29. The first-order valence-electron chi connectivity index (χ1n) is 11.1. The predicted molar refractivity (Wildman–Crippen MR) is 118 cm³/mol. The molecule has 1 unspecified atom stereocenters. The summed E-state index contributed by atoms with van der Waals surface area (Å²) in [6, 6.07) is 6.05. The van der Waals surface area contributed by atoms with E-state index in [1.807, 2.05) is 12.1 Å². The number of likely N-dealkylation sites (tertiary alicyclic amines) is 1. The SMILES string of the molecule is C[C@H]1C[C@@H](CC(=O)CC2CCCN(C)C2)CN(c2ccc(C#N)c3nccnc23)C1. The molecule has 0 bridgehead atoms. The molecule has 0 N–H and O–H groups in total. The first-order valence-corrected chi connectivity index (χ1v) is 11.1. The van der Waals surface area contributed by atoms with Crippen molar-refractivity contribution in [3.05, 3.63) is 30.1 Å². The van der Waals surface area contributed by atoms with Crippen molar-refractivity contribution in [1.82, 2.24) is 14.9 Å². The quantitative estimate of drug-likeness (QED) is 0.756. The van der Waals surface area contributed by atoms with Crippen LogP contribution in [0.5, 0.6) is 0 Å². The minimum Gasteiger partial charge on any atom is -0.369 e. The molecule has 1 aromatic heterocycles. The zero-order chi connectivity index (χ0) is 21.1. The zero-order valence-corrected chi connectivity index (χ0v) is 18.0. The third-order valence-electron chi connectivity index (χ3n) is 6.57. The predicted octanol–water partition coefficient (Wildman–Crippen LogP) is 3.65. The average Bonchev–Trinajstić information content (AvgIpc) is 2.72. The number of carbonyl (C=O) groups excluding carboxylic acids is 1. The molecule has 3 atom stereocenters. The highest BCUT2D eigenvalue weighted by Crippen LogP contribution is 2.33. The van der Waals surface area contributed by atoms with Crippen LogP contribution in [0.15, 0.2) is 24.5 Å². The van der Waals surface area contributed by atoms with E-state index in [1.54, 1.807) is 12.4 Å². The van der Waals surface area contributed by atoms with Gasteiger partial charge in [0.25, 0.3) is 0 Å². The molecule has 2 saturated heterocycles. The monoisotopic (exact) mass is 405 g/mol. The van der Waals surface area contributed by atoms with E-state index >= 15 is 0 Å². The second kappa shape index (κ2) is 9.09. The van der Waals surface area contributed by atoms with Gasteiger partial charge in [-0.2, -0.15) is 5.26 Å². The standard InChI is InChI=1S/C24H31N5O/c1-17-10-19(12-21(30)11-18-4-3-9-28(2)15-18)16-29(14-17)22-6-5-20(13-25)23-24(22)27-8-7-26-23/h5-8,17-19H,3-4,9-12,14-16H2,1-2H3/t17-,18?,19-/m0/s1. The molecular formula is C24H31N5O. The van der Waals surface area contributed by atoms with Crippen molar-refractivity contribution in [2.45, 2.75) is 39.0 Å². The number of hydrogen-bond acceptors (Lipinski definition) is 6. The summed E-state index contributed by atoms with van der Waals surface area (Å²) in [6.45, 7) is 6.27. The van der Waals surface area contributed by atoms with Crippen LogP contribution in [0.4, 0.5) is 5.69 Å². The van der Waals surface area contributed by atoms with Crippen LogP contribution >= 0.6 is 0 Å². The molecule has 2 fully saturated rings. The van der Waals surface area contributed by atoms with Crippen LogP contribution in [-0.2, 0) is 4.79 Å². The minimum atomic E-state index is 0.366. The third kappa shape index (κ3) is 4.62. The maximum Gasteiger partial charge on any atom is 0.133 e. The molecule has 6 nitrogen and oxygen atoms in total. The Morgan fingerprint density at radius 1 is 1.13 bits per heavy atom. The topological polar surface area (TPSA) is 73.1 Å². The van der Waals surface area contributed by atoms with Gasteiger partial charge in [0.1, 0.15) is 22.9 Å². The number of nitrogens with zero attached hydrogens (tertiary/aromatic N) is 5. The lowest BCUT2D eigenvalue weighted by Gasteiger charge is -2.38. The number of carbonyl (C=O) groups is 1. The fourth-order valence-electron chi connectivity index (χ4n) is 5.38. The number of aromatic nitrogens is 2. The molecule has 6 heteroatoms. The van der Waals surface area contributed by atoms with Gasteiger partial charge in [0.15, 0.2) is 0 Å². The maximum absolute atomic E-state index is 12.8. The van der Waals surface area contributed by atoms with E-state index in [0.29, 0.717) is 41.0 Å². The molecule has 4 rings (SSSR count). The van der Waals surface area contributed by atoms with Crippen LogP contribution in [0.3, 0.4) is 0 Å². The second-order valence-corrected chi connectivity index (χ2v) is 9.33. The van der Waals surface area contributed by atoms with E-state index in [9.17, 15) is 10.1 Å². The van der Waals surface area contributed by atoms with Gasteiger partial charge in [-0.1, -0.05) is 6.92 Å². The van der Waals surface area contributed by atoms with Crippen LogP contribution in [0.1, 0.15) is 44.6 Å². The first kappa shape index (κ1) is 20.7. The van der Waals surface area contributed by atoms with Gasteiger partial charge in [0.05, 0.1) is 11.3 Å². The Labute approximate surface area is 178 Å². The van der Waals surface area contributed by atoms with Gasteiger partial charge in [0, 0.05) is 44.9 Å². The Morgan fingerprint density at radius 3 is 2.67 bits per heavy atom. The van der Waals surface area contributed by atoms with Crippen molar-refractivity contribution < 1.29 is 4.79 Å². The Bertz CT molecular complexity index is 952. The van der Waals surface area contributed by atoms with Crippen molar-refractivity contribution >= 4 is 22.5 Å². The van der Waals surface area contributed by atoms with Crippen LogP contribution < -0.4 is 4.90 Å². The lowest BCUT2D eigenvalue weighted by atomic mass is 9.84. The van der Waals surface area contributed by atoms with E-state index in [0.717, 1.165) is 50.2 Å². The number of piperidine rings is 2. The molecule has 2 aliphatic heterocycles. The van der Waals surface area contributed by atoms with Gasteiger partial charge < -0.3 is 9.80 Å². The molecule has 0 saturated carbocycles. The maximum atomic E-state index is 12.8. The molecule has 3 heterocycles. The number of benzene rings is 1. The number of ketones is 1. The fourth-order valence-corrected chi connectivity index (χ4v) is 5.38. The van der Waals surface area contributed by atoms with E-state index in [4.69, 9.17) is 0 Å². The number of fused-ring (bicyclic) bond motifs is 1. The van der Waals surface area contributed by atoms with Gasteiger partial charge in [-0.05, 0) is 62.7 Å². The lowest BCUT2D eigenvalue weighted by molar-refractivity contribution is -0.121. The number of hydrogen-bond donors (Lipinski definition) is 0.